The molecular weight excluding hydrogens is 446 g/mol. The van der Waals surface area contributed by atoms with Gasteiger partial charge in [-0.3, -0.25) is 4.79 Å². The molecule has 3 aromatic rings. The largest absolute Gasteiger partial charge is 0.497 e. The van der Waals surface area contributed by atoms with Gasteiger partial charge in [-0.2, -0.15) is 0 Å². The lowest BCUT2D eigenvalue weighted by Gasteiger charge is -2.36. The number of amides is 1. The summed E-state index contributed by atoms with van der Waals surface area (Å²) in [6.07, 6.45) is 9.36. The number of para-hydroxylation sites is 1. The summed E-state index contributed by atoms with van der Waals surface area (Å²) in [4.78, 5) is 18.2. The Morgan fingerprint density at radius 3 is 2.39 bits per heavy atom. The maximum absolute atomic E-state index is 13.6. The lowest BCUT2D eigenvalue weighted by Crippen LogP contribution is -2.48. The Hall–Kier alpha value is -2.79. The molecule has 5 heteroatoms. The van der Waals surface area contributed by atoms with Gasteiger partial charge in [0.15, 0.2) is 0 Å². The van der Waals surface area contributed by atoms with E-state index in [1.165, 1.54) is 54.1 Å². The van der Waals surface area contributed by atoms with E-state index in [1.54, 1.807) is 7.11 Å². The van der Waals surface area contributed by atoms with E-state index < -0.39 is 0 Å². The van der Waals surface area contributed by atoms with Crippen LogP contribution in [0.15, 0.2) is 54.7 Å². The van der Waals surface area contributed by atoms with Crippen molar-refractivity contribution in [1.29, 1.82) is 0 Å². The van der Waals surface area contributed by atoms with Gasteiger partial charge in [0, 0.05) is 56.2 Å². The van der Waals surface area contributed by atoms with Crippen molar-refractivity contribution < 1.29 is 9.53 Å². The number of fused-ring (bicyclic) bond motifs is 1. The Morgan fingerprint density at radius 1 is 0.972 bits per heavy atom. The summed E-state index contributed by atoms with van der Waals surface area (Å²) in [5, 5.41) is 1.31. The zero-order valence-corrected chi connectivity index (χ0v) is 22.0. The van der Waals surface area contributed by atoms with Crippen LogP contribution >= 0.6 is 0 Å². The summed E-state index contributed by atoms with van der Waals surface area (Å²) in [7, 11) is 1.71. The van der Waals surface area contributed by atoms with E-state index >= 15 is 0 Å². The Balaban J connectivity index is 1.44. The molecule has 1 aliphatic carbocycles. The summed E-state index contributed by atoms with van der Waals surface area (Å²) in [5.74, 6) is 2.09. The van der Waals surface area contributed by atoms with Gasteiger partial charge in [0.2, 0.25) is 5.91 Å². The second-order valence-electron chi connectivity index (χ2n) is 10.6. The van der Waals surface area contributed by atoms with E-state index in [0.717, 1.165) is 45.0 Å². The molecule has 0 bridgehead atoms. The zero-order chi connectivity index (χ0) is 24.9. The molecule has 5 nitrogen and oxygen atoms in total. The van der Waals surface area contributed by atoms with E-state index in [4.69, 9.17) is 4.74 Å². The van der Waals surface area contributed by atoms with Crippen LogP contribution in [0, 0.1) is 5.92 Å². The van der Waals surface area contributed by atoms with Gasteiger partial charge in [0.25, 0.3) is 0 Å². The molecule has 1 aliphatic heterocycles. The lowest BCUT2D eigenvalue weighted by molar-refractivity contribution is -0.133. The summed E-state index contributed by atoms with van der Waals surface area (Å²) < 4.78 is 7.73. The molecule has 0 spiro atoms. The first kappa shape index (κ1) is 24.9. The average molecular weight is 488 g/mol. The zero-order valence-electron chi connectivity index (χ0n) is 22.0. The minimum Gasteiger partial charge on any atom is -0.497 e. The quantitative estimate of drug-likeness (QED) is 0.396. The number of piperazine rings is 1. The molecule has 1 saturated carbocycles. The molecule has 2 heterocycles. The highest BCUT2D eigenvalue weighted by Gasteiger charge is 2.32. The first-order chi connectivity index (χ1) is 17.7. The van der Waals surface area contributed by atoms with Crippen LogP contribution in [0.5, 0.6) is 5.75 Å². The molecule has 1 unspecified atom stereocenters. The second kappa shape index (κ2) is 11.5. The fourth-order valence-corrected chi connectivity index (χ4v) is 6.33. The maximum Gasteiger partial charge on any atom is 0.223 e. The molecule has 0 N–H and O–H groups in total. The van der Waals surface area contributed by atoms with Crippen molar-refractivity contribution in [2.24, 2.45) is 5.92 Å². The third-order valence-electron chi connectivity index (χ3n) is 8.52. The van der Waals surface area contributed by atoms with Gasteiger partial charge in [-0.15, -0.1) is 0 Å². The molecule has 2 aliphatic rings. The molecular formula is C31H41N3O2. The molecule has 1 saturated heterocycles. The maximum atomic E-state index is 13.6. The number of ether oxygens (including phenoxy) is 1. The van der Waals surface area contributed by atoms with Gasteiger partial charge >= 0.3 is 0 Å². The van der Waals surface area contributed by atoms with Gasteiger partial charge in [0.05, 0.1) is 7.11 Å². The lowest BCUT2D eigenvalue weighted by atomic mass is 9.75. The Labute approximate surface area is 216 Å². The van der Waals surface area contributed by atoms with Crippen molar-refractivity contribution in [3.05, 3.63) is 65.9 Å². The fraction of sp³-hybridized carbons (Fsp3) is 0.516. The van der Waals surface area contributed by atoms with Crippen LogP contribution in [0.2, 0.25) is 0 Å². The minimum atomic E-state index is 0.282. The second-order valence-corrected chi connectivity index (χ2v) is 10.6. The van der Waals surface area contributed by atoms with Crippen LogP contribution in [-0.2, 0) is 11.3 Å². The van der Waals surface area contributed by atoms with Crippen molar-refractivity contribution in [3.63, 3.8) is 0 Å². The van der Waals surface area contributed by atoms with E-state index in [1.807, 2.05) is 12.1 Å². The van der Waals surface area contributed by atoms with E-state index in [-0.39, 0.29) is 5.92 Å². The third-order valence-corrected chi connectivity index (χ3v) is 8.52. The van der Waals surface area contributed by atoms with Crippen LogP contribution < -0.4 is 4.74 Å². The van der Waals surface area contributed by atoms with Gasteiger partial charge in [0.1, 0.15) is 5.75 Å². The molecule has 1 amide bonds. The smallest absolute Gasteiger partial charge is 0.223 e. The number of carbonyl (C=O) groups is 1. The highest BCUT2D eigenvalue weighted by atomic mass is 16.5. The van der Waals surface area contributed by atoms with Gasteiger partial charge in [-0.1, -0.05) is 56.5 Å². The average Bonchev–Trinajstić information content (AvgIpc) is 3.30. The normalized spacial score (nSPS) is 18.4. The molecule has 1 atom stereocenters. The summed E-state index contributed by atoms with van der Waals surface area (Å²) in [6.45, 7) is 7.81. The Kier molecular flexibility index (Phi) is 7.96. The van der Waals surface area contributed by atoms with Gasteiger partial charge < -0.3 is 19.1 Å². The van der Waals surface area contributed by atoms with Crippen molar-refractivity contribution >= 4 is 16.8 Å². The number of carbonyl (C=O) groups excluding carboxylic acids is 1. The number of nitrogens with zero attached hydrogens (tertiary/aromatic N) is 3. The van der Waals surface area contributed by atoms with Crippen molar-refractivity contribution in [2.45, 2.75) is 57.9 Å². The summed E-state index contributed by atoms with van der Waals surface area (Å²) in [6, 6.07) is 17.1. The fourth-order valence-electron chi connectivity index (χ4n) is 6.33. The minimum absolute atomic E-state index is 0.282. The monoisotopic (exact) mass is 487 g/mol. The van der Waals surface area contributed by atoms with Crippen LogP contribution in [0.3, 0.4) is 0 Å². The molecule has 192 valence electrons. The number of hydrogen-bond donors (Lipinski definition) is 0. The number of hydrogen-bond acceptors (Lipinski definition) is 3. The summed E-state index contributed by atoms with van der Waals surface area (Å²) >= 11 is 0. The van der Waals surface area contributed by atoms with Crippen LogP contribution in [-0.4, -0.2) is 60.1 Å². The van der Waals surface area contributed by atoms with Crippen molar-refractivity contribution in [1.82, 2.24) is 14.4 Å². The predicted molar refractivity (Wildman–Crippen MR) is 147 cm³/mol. The SMILES string of the molecule is CCN1CCN(C(=O)CC(c2cn(Cc3ccc(OC)cc3)c3ccccc23)C2CCCCC2)CC1. The van der Waals surface area contributed by atoms with Crippen LogP contribution in [0.25, 0.3) is 10.9 Å². The van der Waals surface area contributed by atoms with E-state index in [2.05, 4.69) is 63.9 Å². The number of benzene rings is 2. The molecule has 2 fully saturated rings. The van der Waals surface area contributed by atoms with E-state index in [0.29, 0.717) is 18.2 Å². The van der Waals surface area contributed by atoms with Gasteiger partial charge in [-0.25, -0.2) is 0 Å². The highest BCUT2D eigenvalue weighted by molar-refractivity contribution is 5.86. The Morgan fingerprint density at radius 2 is 1.69 bits per heavy atom. The number of likely N-dealkylation sites (N-methyl/N-ethyl adjacent to an activating group) is 1. The molecule has 2 aromatic carbocycles. The number of aromatic nitrogens is 1. The van der Waals surface area contributed by atoms with Crippen molar-refractivity contribution in [2.75, 3.05) is 39.8 Å². The van der Waals surface area contributed by atoms with Crippen molar-refractivity contribution in [3.8, 4) is 5.75 Å². The standard InChI is InChI=1S/C31H41N3O2/c1-3-32-17-19-33(20-18-32)31(35)21-28(25-9-5-4-6-10-25)29-23-34(30-12-8-7-11-27(29)30)22-24-13-15-26(36-2)16-14-24/h7-8,11-16,23,25,28H,3-6,9-10,17-22H2,1-2H3. The number of methoxy groups -OCH3 is 1. The molecule has 5 rings (SSSR count). The number of rotatable bonds is 8. The van der Waals surface area contributed by atoms with E-state index in [9.17, 15) is 4.79 Å². The molecule has 1 aromatic heterocycles. The third kappa shape index (κ3) is 5.46. The highest BCUT2D eigenvalue weighted by Crippen LogP contribution is 2.42. The first-order valence-corrected chi connectivity index (χ1v) is 13.9. The predicted octanol–water partition coefficient (Wildman–Crippen LogP) is 5.92. The molecule has 0 radical (unpaired) electrons. The van der Waals surface area contributed by atoms with Crippen LogP contribution in [0.4, 0.5) is 0 Å². The summed E-state index contributed by atoms with van der Waals surface area (Å²) in [5.41, 5.74) is 3.88. The van der Waals surface area contributed by atoms with Crippen LogP contribution in [0.1, 0.15) is 62.5 Å². The topological polar surface area (TPSA) is 37.7 Å². The first-order valence-electron chi connectivity index (χ1n) is 13.9. The Bertz CT molecular complexity index is 1140. The van der Waals surface area contributed by atoms with Gasteiger partial charge in [-0.05, 0) is 60.5 Å². The molecule has 36 heavy (non-hydrogen) atoms.